The molecule has 4 nitrogen and oxygen atoms in total. The average molecular weight is 302 g/mol. The van der Waals surface area contributed by atoms with Crippen molar-refractivity contribution in [1.82, 2.24) is 0 Å². The molecule has 1 fully saturated rings. The van der Waals surface area contributed by atoms with E-state index in [0.717, 1.165) is 4.90 Å². The summed E-state index contributed by atoms with van der Waals surface area (Å²) in [7, 11) is 0. The summed E-state index contributed by atoms with van der Waals surface area (Å²) in [6.45, 7) is 1.38. The Morgan fingerprint density at radius 3 is 2.47 bits per heavy atom. The number of anilines is 1. The Labute approximate surface area is 105 Å². The molecule has 1 aromatic carbocycles. The molecule has 1 aliphatic rings. The first-order valence-electron chi connectivity index (χ1n) is 4.90. The molecule has 0 unspecified atom stereocenters. The van der Waals surface area contributed by atoms with Crippen molar-refractivity contribution in [3.05, 3.63) is 28.0 Å². The zero-order valence-corrected chi connectivity index (χ0v) is 10.6. The number of amides is 2. The number of aryl methyl sites for hydroxylation is 1. The molecule has 17 heavy (non-hydrogen) atoms. The van der Waals surface area contributed by atoms with Crippen LogP contribution < -0.4 is 4.90 Å². The van der Waals surface area contributed by atoms with E-state index in [-0.39, 0.29) is 18.9 Å². The minimum atomic E-state index is -0.516. The van der Waals surface area contributed by atoms with Gasteiger partial charge in [-0.1, -0.05) is 0 Å². The number of hydrogen-bond acceptors (Lipinski definition) is 3. The minimum Gasteiger partial charge on any atom is -0.362 e. The molecule has 2 amide bonds. The van der Waals surface area contributed by atoms with Gasteiger partial charge in [0.05, 0.1) is 10.2 Å². The maximum absolute atomic E-state index is 13.4. The predicted octanol–water partition coefficient (Wildman–Crippen LogP) is 1.79. The van der Waals surface area contributed by atoms with Crippen LogP contribution in [0.2, 0.25) is 0 Å². The second-order valence-electron chi connectivity index (χ2n) is 3.67. The van der Waals surface area contributed by atoms with Crippen molar-refractivity contribution in [3.63, 3.8) is 0 Å². The molecule has 1 heterocycles. The van der Waals surface area contributed by atoms with Crippen molar-refractivity contribution in [3.8, 4) is 0 Å². The van der Waals surface area contributed by atoms with Gasteiger partial charge in [0.1, 0.15) is 19.0 Å². The molecule has 90 valence electrons. The second kappa shape index (κ2) is 4.54. The third kappa shape index (κ3) is 2.23. The Morgan fingerprint density at radius 2 is 1.88 bits per heavy atom. The summed E-state index contributed by atoms with van der Waals surface area (Å²) >= 11 is 3.05. The van der Waals surface area contributed by atoms with Crippen molar-refractivity contribution in [2.24, 2.45) is 0 Å². The lowest BCUT2D eigenvalue weighted by Gasteiger charge is -2.26. The molecule has 1 aliphatic heterocycles. The molecule has 0 atom stereocenters. The first-order valence-corrected chi connectivity index (χ1v) is 5.69. The molecule has 0 aliphatic carbocycles. The predicted molar refractivity (Wildman–Crippen MR) is 62.1 cm³/mol. The van der Waals surface area contributed by atoms with Crippen LogP contribution in [0.3, 0.4) is 0 Å². The number of benzene rings is 1. The SMILES string of the molecule is Cc1cc(Br)c(F)cc1N1C(=O)COCC1=O. The van der Waals surface area contributed by atoms with Crippen LogP contribution in [-0.2, 0) is 14.3 Å². The Morgan fingerprint density at radius 1 is 1.29 bits per heavy atom. The first kappa shape index (κ1) is 12.2. The molecule has 0 N–H and O–H groups in total. The lowest BCUT2D eigenvalue weighted by atomic mass is 10.1. The van der Waals surface area contributed by atoms with Crippen LogP contribution in [-0.4, -0.2) is 25.0 Å². The summed E-state index contributed by atoms with van der Waals surface area (Å²) in [4.78, 5) is 24.2. The maximum atomic E-state index is 13.4. The zero-order chi connectivity index (χ0) is 12.6. The largest absolute Gasteiger partial charge is 0.362 e. The Kier molecular flexibility index (Phi) is 3.26. The van der Waals surface area contributed by atoms with Gasteiger partial charge in [0, 0.05) is 0 Å². The fourth-order valence-electron chi connectivity index (χ4n) is 1.64. The third-order valence-corrected chi connectivity index (χ3v) is 3.04. The standard InChI is InChI=1S/C11H9BrFNO3/c1-6-2-7(12)8(13)3-9(6)14-10(15)4-17-5-11(14)16/h2-3H,4-5H2,1H3. The van der Waals surface area contributed by atoms with Crippen molar-refractivity contribution >= 4 is 33.4 Å². The lowest BCUT2D eigenvalue weighted by molar-refractivity contribution is -0.138. The van der Waals surface area contributed by atoms with E-state index in [2.05, 4.69) is 15.9 Å². The molecule has 0 radical (unpaired) electrons. The Bertz CT molecular complexity index is 488. The summed E-state index contributed by atoms with van der Waals surface area (Å²) in [6.07, 6.45) is 0. The zero-order valence-electron chi connectivity index (χ0n) is 9.00. The molecule has 0 spiro atoms. The summed E-state index contributed by atoms with van der Waals surface area (Å²) in [5, 5.41) is 0. The number of carbonyl (C=O) groups is 2. The van der Waals surface area contributed by atoms with Crippen LogP contribution >= 0.6 is 15.9 Å². The number of carbonyl (C=O) groups excluding carboxylic acids is 2. The molecule has 0 aromatic heterocycles. The van der Waals surface area contributed by atoms with Gasteiger partial charge in [-0.05, 0) is 40.5 Å². The summed E-state index contributed by atoms with van der Waals surface area (Å²) in [5.41, 5.74) is 0.908. The van der Waals surface area contributed by atoms with Gasteiger partial charge in [-0.3, -0.25) is 9.59 Å². The molecule has 1 saturated heterocycles. The number of rotatable bonds is 1. The first-order chi connectivity index (χ1) is 8.00. The second-order valence-corrected chi connectivity index (χ2v) is 4.52. The minimum absolute atomic E-state index is 0.164. The molecular formula is C11H9BrFNO3. The van der Waals surface area contributed by atoms with Crippen LogP contribution in [0, 0.1) is 12.7 Å². The van der Waals surface area contributed by atoms with Crippen molar-refractivity contribution in [2.75, 3.05) is 18.1 Å². The van der Waals surface area contributed by atoms with Gasteiger partial charge in [-0.2, -0.15) is 0 Å². The molecule has 2 rings (SSSR count). The summed E-state index contributed by atoms with van der Waals surface area (Å²) in [6, 6.07) is 2.70. The van der Waals surface area contributed by atoms with E-state index in [1.54, 1.807) is 6.92 Å². The van der Waals surface area contributed by atoms with E-state index in [1.807, 2.05) is 0 Å². The van der Waals surface area contributed by atoms with E-state index < -0.39 is 17.6 Å². The topological polar surface area (TPSA) is 46.6 Å². The van der Waals surface area contributed by atoms with E-state index >= 15 is 0 Å². The van der Waals surface area contributed by atoms with Crippen LogP contribution in [0.5, 0.6) is 0 Å². The van der Waals surface area contributed by atoms with E-state index in [1.165, 1.54) is 12.1 Å². The summed E-state index contributed by atoms with van der Waals surface area (Å²) in [5.74, 6) is -1.48. The van der Waals surface area contributed by atoms with E-state index in [4.69, 9.17) is 4.74 Å². The molecule has 1 aromatic rings. The lowest BCUT2D eigenvalue weighted by Crippen LogP contribution is -2.46. The number of nitrogens with zero attached hydrogens (tertiary/aromatic N) is 1. The van der Waals surface area contributed by atoms with Gasteiger partial charge in [0.15, 0.2) is 0 Å². The number of hydrogen-bond donors (Lipinski definition) is 0. The van der Waals surface area contributed by atoms with Gasteiger partial charge >= 0.3 is 0 Å². The van der Waals surface area contributed by atoms with Gasteiger partial charge < -0.3 is 4.74 Å². The van der Waals surface area contributed by atoms with E-state index in [9.17, 15) is 14.0 Å². The monoisotopic (exact) mass is 301 g/mol. The van der Waals surface area contributed by atoms with Crippen molar-refractivity contribution in [2.45, 2.75) is 6.92 Å². The molecule has 6 heteroatoms. The van der Waals surface area contributed by atoms with Crippen LogP contribution in [0.15, 0.2) is 16.6 Å². The number of ether oxygens (including phenoxy) is 1. The van der Waals surface area contributed by atoms with Crippen molar-refractivity contribution in [1.29, 1.82) is 0 Å². The number of imide groups is 1. The molecular weight excluding hydrogens is 293 g/mol. The average Bonchev–Trinajstić information content (AvgIpc) is 2.25. The quantitative estimate of drug-likeness (QED) is 0.743. The van der Waals surface area contributed by atoms with Crippen LogP contribution in [0.1, 0.15) is 5.56 Å². The smallest absolute Gasteiger partial charge is 0.259 e. The van der Waals surface area contributed by atoms with Crippen LogP contribution in [0.25, 0.3) is 0 Å². The maximum Gasteiger partial charge on any atom is 0.259 e. The van der Waals surface area contributed by atoms with Gasteiger partial charge in [0.2, 0.25) is 0 Å². The fraction of sp³-hybridized carbons (Fsp3) is 0.273. The highest BCUT2D eigenvalue weighted by molar-refractivity contribution is 9.10. The van der Waals surface area contributed by atoms with Gasteiger partial charge in [0.25, 0.3) is 11.8 Å². The van der Waals surface area contributed by atoms with Crippen LogP contribution in [0.4, 0.5) is 10.1 Å². The van der Waals surface area contributed by atoms with Gasteiger partial charge in [-0.15, -0.1) is 0 Å². The number of morpholine rings is 1. The Hall–Kier alpha value is -1.27. The fourth-order valence-corrected chi connectivity index (χ4v) is 2.10. The highest BCUT2D eigenvalue weighted by Gasteiger charge is 2.29. The van der Waals surface area contributed by atoms with Gasteiger partial charge in [-0.25, -0.2) is 9.29 Å². The highest BCUT2D eigenvalue weighted by atomic mass is 79.9. The van der Waals surface area contributed by atoms with E-state index in [0.29, 0.717) is 10.0 Å². The third-order valence-electron chi connectivity index (χ3n) is 2.43. The molecule has 0 bridgehead atoms. The highest BCUT2D eigenvalue weighted by Crippen LogP contribution is 2.28. The van der Waals surface area contributed by atoms with Crippen molar-refractivity contribution < 1.29 is 18.7 Å². The number of halogens is 2. The summed E-state index contributed by atoms with van der Waals surface area (Å²) < 4.78 is 18.5. The Balaban J connectivity index is 2.48. The molecule has 0 saturated carbocycles. The normalized spacial score (nSPS) is 16.5.